The van der Waals surface area contributed by atoms with E-state index in [9.17, 15) is 0 Å². The summed E-state index contributed by atoms with van der Waals surface area (Å²) in [6.07, 6.45) is 8.33. The fourth-order valence-electron chi connectivity index (χ4n) is 3.21. The monoisotopic (exact) mass is 219 g/mol. The fourth-order valence-corrected chi connectivity index (χ4v) is 3.21. The van der Waals surface area contributed by atoms with Crippen molar-refractivity contribution in [2.45, 2.75) is 59.3 Å². The van der Waals surface area contributed by atoms with Gasteiger partial charge in [0, 0.05) is 11.6 Å². The molecule has 1 atom stereocenters. The summed E-state index contributed by atoms with van der Waals surface area (Å²) >= 11 is 0. The van der Waals surface area contributed by atoms with Gasteiger partial charge in [0.2, 0.25) is 0 Å². The molecule has 1 saturated carbocycles. The molecule has 0 amide bonds. The number of hydrogen-bond donors (Lipinski definition) is 0. The zero-order valence-corrected chi connectivity index (χ0v) is 11.1. The molecule has 2 aliphatic rings. The van der Waals surface area contributed by atoms with Gasteiger partial charge in [-0.05, 0) is 32.1 Å². The van der Waals surface area contributed by atoms with Crippen LogP contribution in [0.1, 0.15) is 59.3 Å². The van der Waals surface area contributed by atoms with E-state index >= 15 is 0 Å². The number of hydrogen-bond acceptors (Lipinski definition) is 1. The molecular weight excluding hydrogens is 194 g/mol. The SMILES string of the molecule is CC1=C2CCCCCCC2C(C(C)C)=NC1. The number of rotatable bonds is 1. The van der Waals surface area contributed by atoms with Crippen LogP contribution in [0.5, 0.6) is 0 Å². The van der Waals surface area contributed by atoms with Crippen molar-refractivity contribution in [3.63, 3.8) is 0 Å². The Kier molecular flexibility index (Phi) is 3.83. The summed E-state index contributed by atoms with van der Waals surface area (Å²) < 4.78 is 0. The van der Waals surface area contributed by atoms with E-state index in [1.807, 2.05) is 0 Å². The molecular formula is C15H25N. The van der Waals surface area contributed by atoms with Crippen molar-refractivity contribution in [2.24, 2.45) is 16.8 Å². The van der Waals surface area contributed by atoms with E-state index in [0.29, 0.717) is 11.8 Å². The van der Waals surface area contributed by atoms with Crippen molar-refractivity contribution in [2.75, 3.05) is 6.54 Å². The summed E-state index contributed by atoms with van der Waals surface area (Å²) in [5, 5.41) is 0. The van der Waals surface area contributed by atoms with E-state index in [2.05, 4.69) is 20.8 Å². The molecule has 90 valence electrons. The predicted octanol–water partition coefficient (Wildman–Crippen LogP) is 4.38. The second-order valence-corrected chi connectivity index (χ2v) is 5.71. The van der Waals surface area contributed by atoms with Crippen LogP contribution in [-0.2, 0) is 0 Å². The van der Waals surface area contributed by atoms with Crippen LogP contribution in [0.3, 0.4) is 0 Å². The molecule has 0 saturated heterocycles. The summed E-state index contributed by atoms with van der Waals surface area (Å²) in [5.41, 5.74) is 4.80. The van der Waals surface area contributed by atoms with Crippen LogP contribution in [0.4, 0.5) is 0 Å². The molecule has 0 aromatic carbocycles. The van der Waals surface area contributed by atoms with E-state index in [-0.39, 0.29) is 0 Å². The lowest BCUT2D eigenvalue weighted by Crippen LogP contribution is -2.28. The van der Waals surface area contributed by atoms with Gasteiger partial charge in [-0.25, -0.2) is 0 Å². The summed E-state index contributed by atoms with van der Waals surface area (Å²) in [4.78, 5) is 4.83. The number of dihydropyridines is 1. The van der Waals surface area contributed by atoms with Crippen molar-refractivity contribution >= 4 is 5.71 Å². The molecule has 0 radical (unpaired) electrons. The zero-order valence-electron chi connectivity index (χ0n) is 11.1. The molecule has 2 rings (SSSR count). The molecule has 0 aromatic rings. The minimum Gasteiger partial charge on any atom is -0.289 e. The molecule has 1 aliphatic heterocycles. The maximum absolute atomic E-state index is 4.83. The van der Waals surface area contributed by atoms with E-state index in [1.54, 1.807) is 11.1 Å². The maximum Gasteiger partial charge on any atom is 0.0599 e. The lowest BCUT2D eigenvalue weighted by molar-refractivity contribution is 0.508. The summed E-state index contributed by atoms with van der Waals surface area (Å²) in [6, 6.07) is 0. The molecule has 1 fully saturated rings. The Morgan fingerprint density at radius 3 is 2.62 bits per heavy atom. The molecule has 1 heterocycles. The van der Waals surface area contributed by atoms with Gasteiger partial charge >= 0.3 is 0 Å². The second-order valence-electron chi connectivity index (χ2n) is 5.71. The van der Waals surface area contributed by atoms with Crippen molar-refractivity contribution in [3.05, 3.63) is 11.1 Å². The van der Waals surface area contributed by atoms with Gasteiger partial charge in [-0.2, -0.15) is 0 Å². The third-order valence-corrected chi connectivity index (χ3v) is 4.11. The topological polar surface area (TPSA) is 12.4 Å². The van der Waals surface area contributed by atoms with Crippen molar-refractivity contribution in [1.29, 1.82) is 0 Å². The van der Waals surface area contributed by atoms with Crippen LogP contribution in [0.15, 0.2) is 16.1 Å². The molecule has 0 N–H and O–H groups in total. The van der Waals surface area contributed by atoms with Gasteiger partial charge in [-0.3, -0.25) is 4.99 Å². The van der Waals surface area contributed by atoms with Crippen molar-refractivity contribution in [1.82, 2.24) is 0 Å². The standard InChI is InChI=1S/C15H25N/c1-11(2)15-14-9-7-5-4-6-8-13(14)12(3)10-16-15/h11,14H,4-10H2,1-3H3. The van der Waals surface area contributed by atoms with Crippen LogP contribution >= 0.6 is 0 Å². The average Bonchev–Trinajstić information content (AvgIpc) is 2.19. The van der Waals surface area contributed by atoms with E-state index in [0.717, 1.165) is 6.54 Å². The molecule has 0 aromatic heterocycles. The Bertz CT molecular complexity index is 309. The largest absolute Gasteiger partial charge is 0.289 e. The number of allylic oxidation sites excluding steroid dienone is 1. The third-order valence-electron chi connectivity index (χ3n) is 4.11. The van der Waals surface area contributed by atoms with Gasteiger partial charge in [0.05, 0.1) is 6.54 Å². The van der Waals surface area contributed by atoms with Gasteiger partial charge in [0.25, 0.3) is 0 Å². The Hall–Kier alpha value is -0.590. The number of fused-ring (bicyclic) bond motifs is 1. The van der Waals surface area contributed by atoms with E-state index < -0.39 is 0 Å². The minimum atomic E-state index is 0.632. The van der Waals surface area contributed by atoms with Crippen LogP contribution in [0.25, 0.3) is 0 Å². The summed E-state index contributed by atoms with van der Waals surface area (Å²) in [7, 11) is 0. The first-order valence-electron chi connectivity index (χ1n) is 6.93. The van der Waals surface area contributed by atoms with Gasteiger partial charge < -0.3 is 0 Å². The smallest absolute Gasteiger partial charge is 0.0599 e. The molecule has 1 heteroatoms. The zero-order chi connectivity index (χ0) is 11.5. The lowest BCUT2D eigenvalue weighted by Gasteiger charge is -2.31. The maximum atomic E-state index is 4.83. The first kappa shape index (κ1) is 11.9. The second kappa shape index (κ2) is 5.16. The first-order chi connectivity index (χ1) is 7.70. The normalized spacial score (nSPS) is 27.2. The van der Waals surface area contributed by atoms with Crippen molar-refractivity contribution < 1.29 is 0 Å². The van der Waals surface area contributed by atoms with Gasteiger partial charge in [-0.1, -0.05) is 44.3 Å². The molecule has 16 heavy (non-hydrogen) atoms. The van der Waals surface area contributed by atoms with Gasteiger partial charge in [0.1, 0.15) is 0 Å². The first-order valence-corrected chi connectivity index (χ1v) is 6.93. The number of nitrogens with zero attached hydrogens (tertiary/aromatic N) is 1. The highest BCUT2D eigenvalue weighted by molar-refractivity contribution is 5.92. The quantitative estimate of drug-likeness (QED) is 0.580. The van der Waals surface area contributed by atoms with Crippen LogP contribution < -0.4 is 0 Å². The van der Waals surface area contributed by atoms with E-state index in [4.69, 9.17) is 4.99 Å². The number of aliphatic imine (C=N–C) groups is 1. The average molecular weight is 219 g/mol. The predicted molar refractivity (Wildman–Crippen MR) is 71.0 cm³/mol. The minimum absolute atomic E-state index is 0.632. The lowest BCUT2D eigenvalue weighted by atomic mass is 9.77. The van der Waals surface area contributed by atoms with Crippen LogP contribution in [0.2, 0.25) is 0 Å². The van der Waals surface area contributed by atoms with Crippen LogP contribution in [-0.4, -0.2) is 12.3 Å². The third kappa shape index (κ3) is 2.39. The summed E-state index contributed by atoms with van der Waals surface area (Å²) in [5.74, 6) is 1.33. The van der Waals surface area contributed by atoms with E-state index in [1.165, 1.54) is 44.2 Å². The molecule has 1 unspecified atom stereocenters. The Morgan fingerprint density at radius 1 is 1.12 bits per heavy atom. The van der Waals surface area contributed by atoms with Crippen molar-refractivity contribution in [3.8, 4) is 0 Å². The van der Waals surface area contributed by atoms with Gasteiger partial charge in [0.15, 0.2) is 0 Å². The highest BCUT2D eigenvalue weighted by Crippen LogP contribution is 2.35. The highest BCUT2D eigenvalue weighted by atomic mass is 14.8. The molecule has 1 aliphatic carbocycles. The Morgan fingerprint density at radius 2 is 1.88 bits per heavy atom. The van der Waals surface area contributed by atoms with Gasteiger partial charge in [-0.15, -0.1) is 0 Å². The fraction of sp³-hybridized carbons (Fsp3) is 0.800. The van der Waals surface area contributed by atoms with Crippen LogP contribution in [0, 0.1) is 11.8 Å². The highest BCUT2D eigenvalue weighted by Gasteiger charge is 2.27. The Labute approximate surface area is 100 Å². The summed E-state index contributed by atoms with van der Waals surface area (Å²) in [6.45, 7) is 7.87. The molecule has 0 bridgehead atoms. The molecule has 0 spiro atoms. The molecule has 1 nitrogen and oxygen atoms in total. The Balaban J connectivity index is 2.23.